The number of nitrogens with zero attached hydrogens (tertiary/aromatic N) is 5. The second-order valence-electron chi connectivity index (χ2n) is 7.30. The van der Waals surface area contributed by atoms with Crippen LogP contribution in [-0.4, -0.2) is 56.8 Å². The Bertz CT molecular complexity index is 1170. The number of carbonyl (C=O) groups is 1. The molecule has 7 heteroatoms. The number of thiazole rings is 1. The predicted octanol–water partition coefficient (Wildman–Crippen LogP) is 3.71. The maximum absolute atomic E-state index is 12.9. The molecule has 0 atom stereocenters. The fourth-order valence-corrected chi connectivity index (χ4v) is 4.49. The first kappa shape index (κ1) is 18.8. The molecule has 1 aliphatic heterocycles. The van der Waals surface area contributed by atoms with Gasteiger partial charge in [-0.25, -0.2) is 9.97 Å². The van der Waals surface area contributed by atoms with E-state index in [1.807, 2.05) is 47.4 Å². The second-order valence-corrected chi connectivity index (χ2v) is 8.25. The Morgan fingerprint density at radius 3 is 2.43 bits per heavy atom. The van der Waals surface area contributed by atoms with Crippen LogP contribution < -0.4 is 0 Å². The maximum atomic E-state index is 12.9. The van der Waals surface area contributed by atoms with Gasteiger partial charge < -0.3 is 4.90 Å². The Morgan fingerprint density at radius 1 is 0.900 bits per heavy atom. The van der Waals surface area contributed by atoms with Gasteiger partial charge in [-0.05, 0) is 12.1 Å². The van der Waals surface area contributed by atoms with E-state index < -0.39 is 0 Å². The second kappa shape index (κ2) is 8.30. The number of para-hydroxylation sites is 2. The lowest BCUT2D eigenvalue weighted by molar-refractivity contribution is 0.0622. The molecule has 0 radical (unpaired) electrons. The minimum Gasteiger partial charge on any atom is -0.335 e. The van der Waals surface area contributed by atoms with Crippen molar-refractivity contribution >= 4 is 28.3 Å². The van der Waals surface area contributed by atoms with Crippen molar-refractivity contribution in [3.05, 3.63) is 76.9 Å². The van der Waals surface area contributed by atoms with Crippen molar-refractivity contribution in [2.75, 3.05) is 26.2 Å². The van der Waals surface area contributed by atoms with Crippen LogP contribution in [0.4, 0.5) is 0 Å². The third-order valence-electron chi connectivity index (χ3n) is 5.31. The first-order valence-corrected chi connectivity index (χ1v) is 10.9. The van der Waals surface area contributed by atoms with E-state index in [1.54, 1.807) is 17.5 Å². The summed E-state index contributed by atoms with van der Waals surface area (Å²) in [6, 6.07) is 17.9. The van der Waals surface area contributed by atoms with Gasteiger partial charge in [0.2, 0.25) is 0 Å². The van der Waals surface area contributed by atoms with Gasteiger partial charge in [-0.15, -0.1) is 11.3 Å². The van der Waals surface area contributed by atoms with Gasteiger partial charge in [-0.1, -0.05) is 42.5 Å². The van der Waals surface area contributed by atoms with Gasteiger partial charge in [0.15, 0.2) is 0 Å². The standard InChI is InChI=1S/C23H21N5OS/c29-23(20-14-24-18-8-4-5-9-19(18)25-20)28-12-10-27(11-13-28)15-22-26-21(16-30-22)17-6-2-1-3-7-17/h1-9,14,16H,10-13,15H2. The molecule has 0 aliphatic carbocycles. The van der Waals surface area contributed by atoms with Crippen molar-refractivity contribution in [3.8, 4) is 11.3 Å². The van der Waals surface area contributed by atoms with Gasteiger partial charge in [-0.3, -0.25) is 14.7 Å². The quantitative estimate of drug-likeness (QED) is 0.508. The average molecular weight is 416 g/mol. The van der Waals surface area contributed by atoms with Crippen molar-refractivity contribution in [2.24, 2.45) is 0 Å². The fraction of sp³-hybridized carbons (Fsp3) is 0.217. The van der Waals surface area contributed by atoms with Crippen LogP contribution in [0, 0.1) is 0 Å². The van der Waals surface area contributed by atoms with E-state index in [2.05, 4.69) is 32.4 Å². The summed E-state index contributed by atoms with van der Waals surface area (Å²) in [5.41, 5.74) is 4.14. The van der Waals surface area contributed by atoms with Gasteiger partial charge >= 0.3 is 0 Å². The molecule has 6 nitrogen and oxygen atoms in total. The Kier molecular flexibility index (Phi) is 5.21. The molecule has 150 valence electrons. The number of benzene rings is 2. The molecule has 30 heavy (non-hydrogen) atoms. The summed E-state index contributed by atoms with van der Waals surface area (Å²) < 4.78 is 0. The molecular formula is C23H21N5OS. The zero-order valence-electron chi connectivity index (χ0n) is 16.4. The zero-order valence-corrected chi connectivity index (χ0v) is 17.3. The number of amides is 1. The van der Waals surface area contributed by atoms with Crippen LogP contribution in [0.1, 0.15) is 15.5 Å². The number of hydrogen-bond acceptors (Lipinski definition) is 6. The van der Waals surface area contributed by atoms with Crippen LogP contribution in [0.5, 0.6) is 0 Å². The molecule has 0 saturated carbocycles. The van der Waals surface area contributed by atoms with E-state index in [1.165, 1.54) is 0 Å². The highest BCUT2D eigenvalue weighted by molar-refractivity contribution is 7.09. The van der Waals surface area contributed by atoms with Gasteiger partial charge in [0.05, 0.1) is 29.5 Å². The van der Waals surface area contributed by atoms with E-state index >= 15 is 0 Å². The molecule has 1 amide bonds. The molecule has 0 unspecified atom stereocenters. The number of aromatic nitrogens is 3. The highest BCUT2D eigenvalue weighted by Gasteiger charge is 2.24. The first-order chi connectivity index (χ1) is 14.8. The van der Waals surface area contributed by atoms with Crippen LogP contribution in [0.15, 0.2) is 66.2 Å². The smallest absolute Gasteiger partial charge is 0.274 e. The molecule has 5 rings (SSSR count). The molecule has 2 aromatic heterocycles. The zero-order chi connectivity index (χ0) is 20.3. The number of carbonyl (C=O) groups excluding carboxylic acids is 1. The molecule has 1 saturated heterocycles. The predicted molar refractivity (Wildman–Crippen MR) is 118 cm³/mol. The lowest BCUT2D eigenvalue weighted by atomic mass is 10.2. The summed E-state index contributed by atoms with van der Waals surface area (Å²) in [7, 11) is 0. The van der Waals surface area contributed by atoms with Gasteiger partial charge in [0, 0.05) is 37.1 Å². The molecule has 3 heterocycles. The van der Waals surface area contributed by atoms with Crippen molar-refractivity contribution in [2.45, 2.75) is 6.54 Å². The SMILES string of the molecule is O=C(c1cnc2ccccc2n1)N1CCN(Cc2nc(-c3ccccc3)cs2)CC1. The topological polar surface area (TPSA) is 62.2 Å². The normalized spacial score (nSPS) is 14.9. The van der Waals surface area contributed by atoms with E-state index in [9.17, 15) is 4.79 Å². The van der Waals surface area contributed by atoms with Crippen LogP contribution in [0.25, 0.3) is 22.3 Å². The van der Waals surface area contributed by atoms with Crippen LogP contribution in [0.2, 0.25) is 0 Å². The molecule has 0 bridgehead atoms. The largest absolute Gasteiger partial charge is 0.335 e. The number of rotatable bonds is 4. The van der Waals surface area contributed by atoms with E-state index in [-0.39, 0.29) is 5.91 Å². The van der Waals surface area contributed by atoms with Crippen molar-refractivity contribution in [1.29, 1.82) is 0 Å². The van der Waals surface area contributed by atoms with Crippen molar-refractivity contribution < 1.29 is 4.79 Å². The first-order valence-electron chi connectivity index (χ1n) is 9.99. The number of hydrogen-bond donors (Lipinski definition) is 0. The van der Waals surface area contributed by atoms with Crippen molar-refractivity contribution in [1.82, 2.24) is 24.8 Å². The third-order valence-corrected chi connectivity index (χ3v) is 6.14. The average Bonchev–Trinajstić information content (AvgIpc) is 3.28. The summed E-state index contributed by atoms with van der Waals surface area (Å²) in [4.78, 5) is 30.7. The lowest BCUT2D eigenvalue weighted by Gasteiger charge is -2.34. The highest BCUT2D eigenvalue weighted by Crippen LogP contribution is 2.23. The van der Waals surface area contributed by atoms with Crippen molar-refractivity contribution in [3.63, 3.8) is 0 Å². The summed E-state index contributed by atoms with van der Waals surface area (Å²) >= 11 is 1.69. The summed E-state index contributed by atoms with van der Waals surface area (Å²) in [5.74, 6) is -0.0477. The van der Waals surface area contributed by atoms with E-state index in [4.69, 9.17) is 4.98 Å². The molecular weight excluding hydrogens is 394 g/mol. The highest BCUT2D eigenvalue weighted by atomic mass is 32.1. The van der Waals surface area contributed by atoms with Gasteiger partial charge in [0.1, 0.15) is 10.7 Å². The fourth-order valence-electron chi connectivity index (χ4n) is 3.65. The van der Waals surface area contributed by atoms with Crippen LogP contribution in [-0.2, 0) is 6.54 Å². The molecule has 1 aliphatic rings. The molecule has 4 aromatic rings. The Labute approximate surface area is 178 Å². The summed E-state index contributed by atoms with van der Waals surface area (Å²) in [6.45, 7) is 3.84. The minimum absolute atomic E-state index is 0.0477. The molecule has 0 spiro atoms. The Morgan fingerprint density at radius 2 is 1.63 bits per heavy atom. The number of fused-ring (bicyclic) bond motifs is 1. The maximum Gasteiger partial charge on any atom is 0.274 e. The van der Waals surface area contributed by atoms with Crippen LogP contribution >= 0.6 is 11.3 Å². The monoisotopic (exact) mass is 415 g/mol. The van der Waals surface area contributed by atoms with E-state index in [0.717, 1.165) is 46.9 Å². The number of piperazine rings is 1. The lowest BCUT2D eigenvalue weighted by Crippen LogP contribution is -2.48. The molecule has 2 aromatic carbocycles. The Hall–Kier alpha value is -3.16. The molecule has 1 fully saturated rings. The summed E-state index contributed by atoms with van der Waals surface area (Å²) in [6.07, 6.45) is 1.58. The van der Waals surface area contributed by atoms with Gasteiger partial charge in [0.25, 0.3) is 5.91 Å². The Balaban J connectivity index is 1.20. The third kappa shape index (κ3) is 3.94. The minimum atomic E-state index is -0.0477. The van der Waals surface area contributed by atoms with Crippen LogP contribution in [0.3, 0.4) is 0 Å². The molecule has 0 N–H and O–H groups in total. The summed E-state index contributed by atoms with van der Waals surface area (Å²) in [5, 5.41) is 3.22. The van der Waals surface area contributed by atoms with Gasteiger partial charge in [-0.2, -0.15) is 0 Å². The van der Waals surface area contributed by atoms with E-state index in [0.29, 0.717) is 18.8 Å².